The van der Waals surface area contributed by atoms with Gasteiger partial charge in [-0.05, 0) is 19.1 Å². The standard InChI is InChI=1S/C12H12N4O2S2/c1-8(12-14-5-6-19-12)16-20(17,18)10-7-15-11-9(10)3-2-4-13-11/h2-8,16H,1H3,(H,13,15)/t8-/m0/s1. The summed E-state index contributed by atoms with van der Waals surface area (Å²) in [4.78, 5) is 11.3. The van der Waals surface area contributed by atoms with E-state index in [0.717, 1.165) is 5.01 Å². The first kappa shape index (κ1) is 13.2. The third-order valence-electron chi connectivity index (χ3n) is 2.86. The number of hydrogen-bond donors (Lipinski definition) is 2. The van der Waals surface area contributed by atoms with E-state index >= 15 is 0 Å². The van der Waals surface area contributed by atoms with Crippen molar-refractivity contribution in [3.05, 3.63) is 41.1 Å². The fourth-order valence-electron chi connectivity index (χ4n) is 1.95. The van der Waals surface area contributed by atoms with Gasteiger partial charge in [-0.2, -0.15) is 0 Å². The molecule has 104 valence electrons. The molecule has 0 fully saturated rings. The Morgan fingerprint density at radius 2 is 2.20 bits per heavy atom. The fraction of sp³-hybridized carbons (Fsp3) is 0.167. The van der Waals surface area contributed by atoms with Crippen LogP contribution in [0.1, 0.15) is 18.0 Å². The van der Waals surface area contributed by atoms with Gasteiger partial charge >= 0.3 is 0 Å². The molecule has 0 radical (unpaired) electrons. The lowest BCUT2D eigenvalue weighted by Gasteiger charge is -2.11. The maximum atomic E-state index is 12.4. The van der Waals surface area contributed by atoms with Crippen LogP contribution < -0.4 is 4.72 Å². The summed E-state index contributed by atoms with van der Waals surface area (Å²) in [6.07, 6.45) is 4.72. The van der Waals surface area contributed by atoms with Crippen molar-refractivity contribution in [3.8, 4) is 0 Å². The molecule has 0 amide bonds. The molecular weight excluding hydrogens is 296 g/mol. The van der Waals surface area contributed by atoms with E-state index in [9.17, 15) is 8.42 Å². The monoisotopic (exact) mass is 308 g/mol. The molecule has 0 aliphatic carbocycles. The topological polar surface area (TPSA) is 87.7 Å². The summed E-state index contributed by atoms with van der Waals surface area (Å²) in [5.74, 6) is 0. The fourth-order valence-corrected chi connectivity index (χ4v) is 4.04. The smallest absolute Gasteiger partial charge is 0.243 e. The van der Waals surface area contributed by atoms with Crippen molar-refractivity contribution in [3.63, 3.8) is 0 Å². The SMILES string of the molecule is C[C@H](NS(=O)(=O)c1c[nH]c2ncccc12)c1nccs1. The Morgan fingerprint density at radius 3 is 2.95 bits per heavy atom. The summed E-state index contributed by atoms with van der Waals surface area (Å²) in [7, 11) is -3.62. The Hall–Kier alpha value is -1.77. The van der Waals surface area contributed by atoms with Crippen molar-refractivity contribution in [1.29, 1.82) is 0 Å². The van der Waals surface area contributed by atoms with E-state index in [4.69, 9.17) is 0 Å². The Morgan fingerprint density at radius 1 is 1.35 bits per heavy atom. The summed E-state index contributed by atoms with van der Waals surface area (Å²) in [6, 6.07) is 3.06. The molecule has 0 saturated heterocycles. The molecule has 0 aromatic carbocycles. The number of sulfonamides is 1. The van der Waals surface area contributed by atoms with Gasteiger partial charge in [-0.15, -0.1) is 11.3 Å². The molecule has 3 aromatic rings. The summed E-state index contributed by atoms with van der Waals surface area (Å²) in [5, 5.41) is 3.12. The van der Waals surface area contributed by atoms with Crippen LogP contribution in [0, 0.1) is 0 Å². The van der Waals surface area contributed by atoms with E-state index < -0.39 is 10.0 Å². The van der Waals surface area contributed by atoms with Crippen molar-refractivity contribution < 1.29 is 8.42 Å². The highest BCUT2D eigenvalue weighted by atomic mass is 32.2. The first-order valence-electron chi connectivity index (χ1n) is 5.92. The third-order valence-corrected chi connectivity index (χ3v) is 5.40. The molecule has 0 unspecified atom stereocenters. The predicted molar refractivity (Wildman–Crippen MR) is 76.9 cm³/mol. The number of hydrogen-bond acceptors (Lipinski definition) is 5. The predicted octanol–water partition coefficient (Wildman–Crippen LogP) is 2.06. The number of pyridine rings is 1. The minimum absolute atomic E-state index is 0.198. The Bertz CT molecular complexity index is 824. The molecule has 2 N–H and O–H groups in total. The third kappa shape index (κ3) is 2.33. The van der Waals surface area contributed by atoms with Gasteiger partial charge in [0.1, 0.15) is 15.6 Å². The van der Waals surface area contributed by atoms with Crippen LogP contribution in [0.2, 0.25) is 0 Å². The molecular formula is C12H12N4O2S2. The van der Waals surface area contributed by atoms with E-state index in [1.807, 2.05) is 5.38 Å². The van der Waals surface area contributed by atoms with Crippen LogP contribution in [0.25, 0.3) is 11.0 Å². The van der Waals surface area contributed by atoms with Crippen LogP contribution in [0.4, 0.5) is 0 Å². The van der Waals surface area contributed by atoms with Gasteiger partial charge in [-0.25, -0.2) is 23.1 Å². The molecule has 0 aliphatic rings. The van der Waals surface area contributed by atoms with Gasteiger partial charge in [-0.1, -0.05) is 0 Å². The number of thiazole rings is 1. The number of rotatable bonds is 4. The Kier molecular flexibility index (Phi) is 3.28. The van der Waals surface area contributed by atoms with Gasteiger partial charge in [0, 0.05) is 29.4 Å². The molecule has 3 rings (SSSR count). The molecule has 0 bridgehead atoms. The molecule has 20 heavy (non-hydrogen) atoms. The minimum Gasteiger partial charge on any atom is -0.345 e. The highest BCUT2D eigenvalue weighted by Gasteiger charge is 2.23. The van der Waals surface area contributed by atoms with Crippen LogP contribution in [-0.2, 0) is 10.0 Å². The van der Waals surface area contributed by atoms with Crippen LogP contribution in [0.3, 0.4) is 0 Å². The van der Waals surface area contributed by atoms with E-state index in [-0.39, 0.29) is 10.9 Å². The normalized spacial score (nSPS) is 13.7. The number of fused-ring (bicyclic) bond motifs is 1. The van der Waals surface area contributed by atoms with Gasteiger partial charge in [-0.3, -0.25) is 0 Å². The van der Waals surface area contributed by atoms with E-state index in [0.29, 0.717) is 11.0 Å². The molecule has 1 atom stereocenters. The summed E-state index contributed by atoms with van der Waals surface area (Å²) in [6.45, 7) is 1.77. The van der Waals surface area contributed by atoms with Crippen LogP contribution in [0.5, 0.6) is 0 Å². The Labute approximate surface area is 119 Å². The zero-order valence-corrected chi connectivity index (χ0v) is 12.2. The molecule has 8 heteroatoms. The van der Waals surface area contributed by atoms with Crippen molar-refractivity contribution in [2.75, 3.05) is 0 Å². The van der Waals surface area contributed by atoms with Crippen molar-refractivity contribution >= 4 is 32.4 Å². The Balaban J connectivity index is 1.96. The maximum Gasteiger partial charge on any atom is 0.243 e. The van der Waals surface area contributed by atoms with Crippen LogP contribution in [-0.4, -0.2) is 23.4 Å². The number of aromatic amines is 1. The largest absolute Gasteiger partial charge is 0.345 e. The van der Waals surface area contributed by atoms with E-state index in [1.165, 1.54) is 17.5 Å². The van der Waals surface area contributed by atoms with Crippen molar-refractivity contribution in [2.45, 2.75) is 17.9 Å². The molecule has 3 aromatic heterocycles. The van der Waals surface area contributed by atoms with Gasteiger partial charge in [0.15, 0.2) is 0 Å². The second kappa shape index (κ2) is 4.97. The van der Waals surface area contributed by atoms with E-state index in [1.54, 1.807) is 31.5 Å². The second-order valence-electron chi connectivity index (χ2n) is 4.27. The second-order valence-corrected chi connectivity index (χ2v) is 6.87. The van der Waals surface area contributed by atoms with Crippen LogP contribution >= 0.6 is 11.3 Å². The first-order valence-corrected chi connectivity index (χ1v) is 8.28. The molecule has 0 spiro atoms. The lowest BCUT2D eigenvalue weighted by Crippen LogP contribution is -2.26. The number of aromatic nitrogens is 3. The number of nitrogens with zero attached hydrogens (tertiary/aromatic N) is 2. The summed E-state index contributed by atoms with van der Waals surface area (Å²) < 4.78 is 27.5. The average molecular weight is 308 g/mol. The lowest BCUT2D eigenvalue weighted by molar-refractivity contribution is 0.567. The highest BCUT2D eigenvalue weighted by Crippen LogP contribution is 2.23. The molecule has 6 nitrogen and oxygen atoms in total. The average Bonchev–Trinajstić information content (AvgIpc) is 3.08. The molecule has 0 saturated carbocycles. The van der Waals surface area contributed by atoms with Gasteiger partial charge in [0.05, 0.1) is 6.04 Å². The van der Waals surface area contributed by atoms with Crippen LogP contribution in [0.15, 0.2) is 41.0 Å². The molecule has 3 heterocycles. The molecule has 0 aliphatic heterocycles. The maximum absolute atomic E-state index is 12.4. The van der Waals surface area contributed by atoms with Crippen molar-refractivity contribution in [2.24, 2.45) is 0 Å². The quantitative estimate of drug-likeness (QED) is 0.772. The summed E-state index contributed by atoms with van der Waals surface area (Å²) in [5.41, 5.74) is 0.551. The zero-order chi connectivity index (χ0) is 14.2. The zero-order valence-electron chi connectivity index (χ0n) is 10.6. The summed E-state index contributed by atoms with van der Waals surface area (Å²) >= 11 is 1.41. The highest BCUT2D eigenvalue weighted by molar-refractivity contribution is 7.89. The first-order chi connectivity index (χ1) is 9.58. The number of nitrogens with one attached hydrogen (secondary N) is 2. The number of H-pyrrole nitrogens is 1. The van der Waals surface area contributed by atoms with E-state index in [2.05, 4.69) is 19.7 Å². The minimum atomic E-state index is -3.62. The lowest BCUT2D eigenvalue weighted by atomic mass is 10.3. The van der Waals surface area contributed by atoms with Crippen molar-refractivity contribution in [1.82, 2.24) is 19.7 Å². The van der Waals surface area contributed by atoms with Gasteiger partial charge < -0.3 is 4.98 Å². The van der Waals surface area contributed by atoms with Gasteiger partial charge in [0.25, 0.3) is 0 Å². The van der Waals surface area contributed by atoms with Gasteiger partial charge in [0.2, 0.25) is 10.0 Å².